The maximum absolute atomic E-state index is 12.9. The Balaban J connectivity index is 0.00000261. The van der Waals surface area contributed by atoms with Gasteiger partial charge >= 0.3 is 0 Å². The first-order chi connectivity index (χ1) is 12.7. The standard InChI is InChI=1S/C19H24N4O2S.ClH/c20-10-9-17-22-16(13-26-17)19(25)23-11-5-4-8-15(23)12-21-18(24)14-6-2-1-3-7-14;/h1-3,6-7,13,15H,4-5,8-12,20H2,(H,21,24);1H. The van der Waals surface area contributed by atoms with Crippen LogP contribution < -0.4 is 11.1 Å². The van der Waals surface area contributed by atoms with Crippen LogP contribution in [0, 0.1) is 0 Å². The van der Waals surface area contributed by atoms with Crippen molar-refractivity contribution in [3.05, 3.63) is 52.0 Å². The van der Waals surface area contributed by atoms with Crippen molar-refractivity contribution >= 4 is 35.6 Å². The summed E-state index contributed by atoms with van der Waals surface area (Å²) in [6, 6.07) is 9.13. The smallest absolute Gasteiger partial charge is 0.273 e. The number of hydrogen-bond acceptors (Lipinski definition) is 5. The molecule has 3 rings (SSSR count). The summed E-state index contributed by atoms with van der Waals surface area (Å²) < 4.78 is 0. The van der Waals surface area contributed by atoms with Crippen LogP contribution in [0.3, 0.4) is 0 Å². The summed E-state index contributed by atoms with van der Waals surface area (Å²) in [6.45, 7) is 1.69. The number of rotatable bonds is 6. The van der Waals surface area contributed by atoms with E-state index in [2.05, 4.69) is 10.3 Å². The van der Waals surface area contributed by atoms with E-state index in [9.17, 15) is 9.59 Å². The van der Waals surface area contributed by atoms with E-state index in [-0.39, 0.29) is 30.3 Å². The molecular weight excluding hydrogens is 384 g/mol. The molecule has 1 aliphatic heterocycles. The van der Waals surface area contributed by atoms with E-state index in [0.717, 1.165) is 24.3 Å². The number of amides is 2. The first kappa shape index (κ1) is 21.3. The maximum Gasteiger partial charge on any atom is 0.273 e. The predicted octanol–water partition coefficient (Wildman–Crippen LogP) is 2.49. The van der Waals surface area contributed by atoms with Gasteiger partial charge in [0.1, 0.15) is 5.69 Å². The number of carbonyl (C=O) groups excluding carboxylic acids is 2. The zero-order valence-corrected chi connectivity index (χ0v) is 16.7. The van der Waals surface area contributed by atoms with Gasteiger partial charge in [0, 0.05) is 36.5 Å². The zero-order chi connectivity index (χ0) is 18.4. The van der Waals surface area contributed by atoms with E-state index in [1.807, 2.05) is 28.5 Å². The maximum atomic E-state index is 12.9. The zero-order valence-electron chi connectivity index (χ0n) is 15.1. The van der Waals surface area contributed by atoms with Crippen molar-refractivity contribution in [2.24, 2.45) is 5.73 Å². The van der Waals surface area contributed by atoms with Crippen LogP contribution in [0.2, 0.25) is 0 Å². The Hall–Kier alpha value is -1.96. The normalized spacial score (nSPS) is 16.5. The monoisotopic (exact) mass is 408 g/mol. The van der Waals surface area contributed by atoms with Crippen molar-refractivity contribution in [1.82, 2.24) is 15.2 Å². The van der Waals surface area contributed by atoms with Gasteiger partial charge in [-0.2, -0.15) is 0 Å². The van der Waals surface area contributed by atoms with Crippen molar-refractivity contribution in [1.29, 1.82) is 0 Å². The topological polar surface area (TPSA) is 88.3 Å². The van der Waals surface area contributed by atoms with Crippen LogP contribution in [-0.4, -0.2) is 47.4 Å². The number of nitrogens with one attached hydrogen (secondary N) is 1. The first-order valence-corrected chi connectivity index (χ1v) is 9.85. The van der Waals surface area contributed by atoms with Gasteiger partial charge in [-0.25, -0.2) is 4.98 Å². The van der Waals surface area contributed by atoms with Gasteiger partial charge in [0.2, 0.25) is 0 Å². The lowest BCUT2D eigenvalue weighted by Gasteiger charge is -2.35. The minimum atomic E-state index is -0.109. The number of nitrogens with zero attached hydrogens (tertiary/aromatic N) is 2. The summed E-state index contributed by atoms with van der Waals surface area (Å²) in [5.74, 6) is -0.161. The lowest BCUT2D eigenvalue weighted by molar-refractivity contribution is 0.0597. The number of nitrogens with two attached hydrogens (primary N) is 1. The largest absolute Gasteiger partial charge is 0.350 e. The molecule has 1 unspecified atom stereocenters. The van der Waals surface area contributed by atoms with Crippen LogP contribution in [0.15, 0.2) is 35.7 Å². The van der Waals surface area contributed by atoms with E-state index in [1.54, 1.807) is 12.1 Å². The van der Waals surface area contributed by atoms with E-state index < -0.39 is 0 Å². The SMILES string of the molecule is Cl.NCCc1nc(C(=O)N2CCCCC2CNC(=O)c2ccccc2)cs1. The van der Waals surface area contributed by atoms with E-state index in [4.69, 9.17) is 5.73 Å². The highest BCUT2D eigenvalue weighted by atomic mass is 35.5. The summed E-state index contributed by atoms with van der Waals surface area (Å²) in [6.07, 6.45) is 3.62. The molecule has 1 fully saturated rings. The Morgan fingerprint density at radius 3 is 2.78 bits per heavy atom. The van der Waals surface area contributed by atoms with Gasteiger partial charge in [-0.3, -0.25) is 9.59 Å². The molecule has 1 atom stereocenters. The second-order valence-corrected chi connectivity index (χ2v) is 7.33. The Morgan fingerprint density at radius 1 is 1.26 bits per heavy atom. The molecule has 0 bridgehead atoms. The Morgan fingerprint density at radius 2 is 2.04 bits per heavy atom. The molecular formula is C19H25ClN4O2S. The number of likely N-dealkylation sites (tertiary alicyclic amines) is 1. The molecule has 1 aliphatic rings. The van der Waals surface area contributed by atoms with Crippen molar-refractivity contribution in [2.45, 2.75) is 31.7 Å². The molecule has 27 heavy (non-hydrogen) atoms. The summed E-state index contributed by atoms with van der Waals surface area (Å²) in [4.78, 5) is 31.4. The molecule has 0 spiro atoms. The molecule has 0 saturated carbocycles. The van der Waals surface area contributed by atoms with Crippen LogP contribution in [0.25, 0.3) is 0 Å². The van der Waals surface area contributed by atoms with Crippen LogP contribution in [0.5, 0.6) is 0 Å². The minimum absolute atomic E-state index is 0. The summed E-state index contributed by atoms with van der Waals surface area (Å²) >= 11 is 1.47. The molecule has 2 amide bonds. The van der Waals surface area contributed by atoms with Gasteiger partial charge in [-0.1, -0.05) is 18.2 Å². The lowest BCUT2D eigenvalue weighted by atomic mass is 10.0. The summed E-state index contributed by atoms with van der Waals surface area (Å²) in [5, 5.41) is 5.66. The van der Waals surface area contributed by atoms with Crippen molar-refractivity contribution in [3.8, 4) is 0 Å². The quantitative estimate of drug-likeness (QED) is 0.768. The predicted molar refractivity (Wildman–Crippen MR) is 110 cm³/mol. The molecule has 0 aliphatic carbocycles. The van der Waals surface area contributed by atoms with Gasteiger partial charge in [-0.15, -0.1) is 23.7 Å². The van der Waals surface area contributed by atoms with Crippen molar-refractivity contribution in [3.63, 3.8) is 0 Å². The highest BCUT2D eigenvalue weighted by Gasteiger charge is 2.29. The van der Waals surface area contributed by atoms with Crippen molar-refractivity contribution in [2.75, 3.05) is 19.6 Å². The second kappa shape index (κ2) is 10.4. The minimum Gasteiger partial charge on any atom is -0.350 e. The Bertz CT molecular complexity index is 753. The Kier molecular flexibility index (Phi) is 8.22. The van der Waals surface area contributed by atoms with Crippen LogP contribution >= 0.6 is 23.7 Å². The highest BCUT2D eigenvalue weighted by Crippen LogP contribution is 2.20. The van der Waals surface area contributed by atoms with Gasteiger partial charge in [-0.05, 0) is 37.9 Å². The second-order valence-electron chi connectivity index (χ2n) is 6.39. The third-order valence-electron chi connectivity index (χ3n) is 4.55. The van der Waals surface area contributed by atoms with Crippen LogP contribution in [0.1, 0.15) is 45.1 Å². The van der Waals surface area contributed by atoms with Gasteiger partial charge in [0.15, 0.2) is 0 Å². The van der Waals surface area contributed by atoms with Gasteiger partial charge in [0.25, 0.3) is 11.8 Å². The van der Waals surface area contributed by atoms with E-state index >= 15 is 0 Å². The summed E-state index contributed by atoms with van der Waals surface area (Å²) in [7, 11) is 0. The number of hydrogen-bond donors (Lipinski definition) is 2. The molecule has 3 N–H and O–H groups in total. The number of piperidine rings is 1. The fourth-order valence-corrected chi connectivity index (χ4v) is 3.96. The number of aromatic nitrogens is 1. The molecule has 2 aromatic rings. The van der Waals surface area contributed by atoms with E-state index in [1.165, 1.54) is 11.3 Å². The number of halogens is 1. The number of carbonyl (C=O) groups is 2. The fraction of sp³-hybridized carbons (Fsp3) is 0.421. The highest BCUT2D eigenvalue weighted by molar-refractivity contribution is 7.09. The van der Waals surface area contributed by atoms with Gasteiger partial charge < -0.3 is 16.0 Å². The third kappa shape index (κ3) is 5.51. The summed E-state index contributed by atoms with van der Waals surface area (Å²) in [5.41, 5.74) is 6.68. The molecule has 2 heterocycles. The molecule has 1 aromatic heterocycles. The molecule has 6 nitrogen and oxygen atoms in total. The average Bonchev–Trinajstić information content (AvgIpc) is 3.15. The molecule has 1 saturated heterocycles. The molecule has 146 valence electrons. The van der Waals surface area contributed by atoms with Crippen LogP contribution in [-0.2, 0) is 6.42 Å². The first-order valence-electron chi connectivity index (χ1n) is 8.97. The third-order valence-corrected chi connectivity index (χ3v) is 5.46. The van der Waals surface area contributed by atoms with Gasteiger partial charge in [0.05, 0.1) is 5.01 Å². The van der Waals surface area contributed by atoms with Crippen molar-refractivity contribution < 1.29 is 9.59 Å². The van der Waals surface area contributed by atoms with E-state index in [0.29, 0.717) is 37.3 Å². The number of benzene rings is 1. The molecule has 1 aromatic carbocycles. The average molecular weight is 409 g/mol. The molecule has 8 heteroatoms. The van der Waals surface area contributed by atoms with Crippen LogP contribution in [0.4, 0.5) is 0 Å². The Labute approximate surface area is 169 Å². The molecule has 0 radical (unpaired) electrons. The fourth-order valence-electron chi connectivity index (χ4n) is 3.18. The lowest BCUT2D eigenvalue weighted by Crippen LogP contribution is -2.49. The number of thiazole rings is 1.